The van der Waals surface area contributed by atoms with Crippen molar-refractivity contribution in [1.29, 1.82) is 0 Å². The van der Waals surface area contributed by atoms with Crippen LogP contribution in [0.25, 0.3) is 0 Å². The zero-order valence-corrected chi connectivity index (χ0v) is 13.2. The molecule has 1 aromatic rings. The molecule has 1 atom stereocenters. The minimum atomic E-state index is -0.328. The van der Waals surface area contributed by atoms with E-state index >= 15 is 0 Å². The summed E-state index contributed by atoms with van der Waals surface area (Å²) < 4.78 is 0. The minimum absolute atomic E-state index is 0.000206. The Morgan fingerprint density at radius 3 is 2.67 bits per heavy atom. The molecule has 1 unspecified atom stereocenters. The molecule has 3 N–H and O–H groups in total. The number of anilines is 2. The van der Waals surface area contributed by atoms with E-state index in [1.807, 2.05) is 6.92 Å². The first-order valence-corrected chi connectivity index (χ1v) is 7.47. The van der Waals surface area contributed by atoms with Crippen molar-refractivity contribution in [3.05, 3.63) is 22.2 Å². The molecule has 0 radical (unpaired) electrons. The molecule has 1 heterocycles. The molecular formula is C14H17Cl2N3O2. The quantitative estimate of drug-likeness (QED) is 0.837. The van der Waals surface area contributed by atoms with Crippen LogP contribution >= 0.6 is 23.2 Å². The predicted octanol–water partition coefficient (Wildman–Crippen LogP) is 2.77. The van der Waals surface area contributed by atoms with Crippen LogP contribution in [0.5, 0.6) is 0 Å². The lowest BCUT2D eigenvalue weighted by Gasteiger charge is -2.30. The van der Waals surface area contributed by atoms with Crippen LogP contribution in [-0.2, 0) is 9.59 Å². The van der Waals surface area contributed by atoms with Gasteiger partial charge >= 0.3 is 0 Å². The smallest absolute Gasteiger partial charge is 0.244 e. The maximum Gasteiger partial charge on any atom is 0.244 e. The summed E-state index contributed by atoms with van der Waals surface area (Å²) in [6.45, 7) is 2.47. The molecule has 1 aliphatic heterocycles. The number of rotatable bonds is 3. The van der Waals surface area contributed by atoms with E-state index in [-0.39, 0.29) is 34.3 Å². The summed E-state index contributed by atoms with van der Waals surface area (Å²) in [6, 6.07) is 3.02. The van der Waals surface area contributed by atoms with Crippen molar-refractivity contribution in [1.82, 2.24) is 4.90 Å². The molecule has 0 aliphatic carbocycles. The van der Waals surface area contributed by atoms with Crippen molar-refractivity contribution in [3.8, 4) is 0 Å². The fourth-order valence-corrected chi connectivity index (χ4v) is 2.95. The molecule has 1 aliphatic rings. The van der Waals surface area contributed by atoms with Gasteiger partial charge in [0.1, 0.15) is 0 Å². The summed E-state index contributed by atoms with van der Waals surface area (Å²) in [5, 5.41) is 3.18. The van der Waals surface area contributed by atoms with Gasteiger partial charge in [0.05, 0.1) is 22.3 Å². The highest BCUT2D eigenvalue weighted by molar-refractivity contribution is 6.40. The molecule has 114 valence electrons. The number of carbonyl (C=O) groups is 2. The number of nitrogens with one attached hydrogen (secondary N) is 1. The van der Waals surface area contributed by atoms with Crippen molar-refractivity contribution < 1.29 is 9.59 Å². The summed E-state index contributed by atoms with van der Waals surface area (Å²) in [7, 11) is 0. The molecule has 21 heavy (non-hydrogen) atoms. The molecule has 1 aromatic carbocycles. The van der Waals surface area contributed by atoms with E-state index < -0.39 is 0 Å². The third-order valence-corrected chi connectivity index (χ3v) is 4.06. The minimum Gasteiger partial charge on any atom is -0.399 e. The molecule has 2 rings (SSSR count). The number of halogens is 2. The number of nitrogens with two attached hydrogens (primary N) is 1. The van der Waals surface area contributed by atoms with Gasteiger partial charge in [-0.2, -0.15) is 0 Å². The Kier molecular flexibility index (Phi) is 4.96. The van der Waals surface area contributed by atoms with E-state index in [0.29, 0.717) is 17.9 Å². The van der Waals surface area contributed by atoms with Crippen LogP contribution in [0, 0.1) is 5.92 Å². The Morgan fingerprint density at radius 1 is 1.43 bits per heavy atom. The maximum atomic E-state index is 12.1. The second kappa shape index (κ2) is 6.54. The summed E-state index contributed by atoms with van der Waals surface area (Å²) >= 11 is 12.0. The van der Waals surface area contributed by atoms with E-state index in [9.17, 15) is 9.59 Å². The van der Waals surface area contributed by atoms with Gasteiger partial charge < -0.3 is 16.0 Å². The average molecular weight is 330 g/mol. The van der Waals surface area contributed by atoms with Crippen LogP contribution in [0.15, 0.2) is 12.1 Å². The molecule has 5 nitrogen and oxygen atoms in total. The molecule has 0 aromatic heterocycles. The normalized spacial score (nSPS) is 18.7. The second-order valence-corrected chi connectivity index (χ2v) is 6.03. The Hall–Kier alpha value is -1.46. The Balaban J connectivity index is 2.04. The number of hydrogen-bond acceptors (Lipinski definition) is 3. The third-order valence-electron chi connectivity index (χ3n) is 3.46. The van der Waals surface area contributed by atoms with Gasteiger partial charge in [0.2, 0.25) is 11.8 Å². The Labute approximate surface area is 133 Å². The van der Waals surface area contributed by atoms with Crippen LogP contribution in [0.4, 0.5) is 11.4 Å². The lowest BCUT2D eigenvalue weighted by Crippen LogP contribution is -2.44. The Morgan fingerprint density at radius 2 is 2.05 bits per heavy atom. The van der Waals surface area contributed by atoms with Crippen molar-refractivity contribution in [2.24, 2.45) is 5.92 Å². The van der Waals surface area contributed by atoms with E-state index in [1.165, 1.54) is 12.1 Å². The highest BCUT2D eigenvalue weighted by Crippen LogP contribution is 2.32. The van der Waals surface area contributed by atoms with E-state index in [2.05, 4.69) is 5.32 Å². The summed E-state index contributed by atoms with van der Waals surface area (Å²) in [6.07, 6.45) is 1.77. The van der Waals surface area contributed by atoms with Gasteiger partial charge in [-0.15, -0.1) is 0 Å². The van der Waals surface area contributed by atoms with Gasteiger partial charge in [0.25, 0.3) is 0 Å². The zero-order valence-electron chi connectivity index (χ0n) is 11.7. The topological polar surface area (TPSA) is 75.4 Å². The molecule has 7 heteroatoms. The number of nitrogens with zero attached hydrogens (tertiary/aromatic N) is 1. The van der Waals surface area contributed by atoms with Crippen molar-refractivity contribution in [2.75, 3.05) is 24.1 Å². The van der Waals surface area contributed by atoms with Crippen molar-refractivity contribution in [3.63, 3.8) is 0 Å². The third kappa shape index (κ3) is 3.80. The van der Waals surface area contributed by atoms with Crippen LogP contribution in [0.2, 0.25) is 10.0 Å². The molecule has 0 bridgehead atoms. The fraction of sp³-hybridized carbons (Fsp3) is 0.429. The van der Waals surface area contributed by atoms with Crippen LogP contribution in [0.1, 0.15) is 19.8 Å². The lowest BCUT2D eigenvalue weighted by molar-refractivity contribution is -0.140. The summed E-state index contributed by atoms with van der Waals surface area (Å²) in [5.41, 5.74) is 6.34. The standard InChI is InChI=1S/C14H17Cl2N3O2/c1-8-3-2-4-19(14(8)21)7-12(20)18-13-10(15)5-9(17)6-11(13)16/h5-6,8H,2-4,7,17H2,1H3,(H,18,20). The number of nitrogen functional groups attached to an aromatic ring is 1. The van der Waals surface area contributed by atoms with E-state index in [4.69, 9.17) is 28.9 Å². The van der Waals surface area contributed by atoms with Gasteiger partial charge in [-0.3, -0.25) is 9.59 Å². The van der Waals surface area contributed by atoms with Gasteiger partial charge in [-0.1, -0.05) is 30.1 Å². The second-order valence-electron chi connectivity index (χ2n) is 5.21. The van der Waals surface area contributed by atoms with Gasteiger partial charge in [-0.05, 0) is 25.0 Å². The van der Waals surface area contributed by atoms with Crippen molar-refractivity contribution >= 4 is 46.4 Å². The fourth-order valence-electron chi connectivity index (χ4n) is 2.36. The van der Waals surface area contributed by atoms with Crippen LogP contribution in [-0.4, -0.2) is 29.8 Å². The molecule has 2 amide bonds. The van der Waals surface area contributed by atoms with Crippen LogP contribution in [0.3, 0.4) is 0 Å². The highest BCUT2D eigenvalue weighted by Gasteiger charge is 2.26. The summed E-state index contributed by atoms with van der Waals surface area (Å²) in [5.74, 6) is -0.354. The molecule has 0 spiro atoms. The molecule has 1 fully saturated rings. The monoisotopic (exact) mass is 329 g/mol. The number of amides is 2. The number of piperidine rings is 1. The number of likely N-dealkylation sites (tertiary alicyclic amines) is 1. The first-order chi connectivity index (χ1) is 9.88. The number of hydrogen-bond donors (Lipinski definition) is 2. The number of carbonyl (C=O) groups excluding carboxylic acids is 2. The largest absolute Gasteiger partial charge is 0.399 e. The van der Waals surface area contributed by atoms with Crippen molar-refractivity contribution in [2.45, 2.75) is 19.8 Å². The lowest BCUT2D eigenvalue weighted by atomic mass is 9.99. The molecule has 1 saturated heterocycles. The van der Waals surface area contributed by atoms with E-state index in [0.717, 1.165) is 12.8 Å². The molecule has 0 saturated carbocycles. The highest BCUT2D eigenvalue weighted by atomic mass is 35.5. The molecular weight excluding hydrogens is 313 g/mol. The first-order valence-electron chi connectivity index (χ1n) is 6.71. The van der Waals surface area contributed by atoms with Crippen LogP contribution < -0.4 is 11.1 Å². The maximum absolute atomic E-state index is 12.1. The number of benzene rings is 1. The zero-order chi connectivity index (χ0) is 15.6. The predicted molar refractivity (Wildman–Crippen MR) is 84.5 cm³/mol. The first kappa shape index (κ1) is 15.9. The summed E-state index contributed by atoms with van der Waals surface area (Å²) in [4.78, 5) is 25.6. The Bertz CT molecular complexity index is 554. The van der Waals surface area contributed by atoms with Gasteiger partial charge in [0.15, 0.2) is 0 Å². The average Bonchev–Trinajstić information content (AvgIpc) is 2.39. The van der Waals surface area contributed by atoms with E-state index in [1.54, 1.807) is 4.90 Å². The van der Waals surface area contributed by atoms with Gasteiger partial charge in [-0.25, -0.2) is 0 Å². The van der Waals surface area contributed by atoms with Gasteiger partial charge in [0, 0.05) is 18.2 Å². The SMILES string of the molecule is CC1CCCN(CC(=O)Nc2c(Cl)cc(N)cc2Cl)C1=O.